The summed E-state index contributed by atoms with van der Waals surface area (Å²) in [6.07, 6.45) is -1.81. The number of phenols is 2. The molecule has 0 aromatic heterocycles. The van der Waals surface area contributed by atoms with Crippen LogP contribution in [0.3, 0.4) is 0 Å². The van der Waals surface area contributed by atoms with Gasteiger partial charge in [0, 0.05) is 52.7 Å². The summed E-state index contributed by atoms with van der Waals surface area (Å²) in [4.78, 5) is 12.2. The number of benzene rings is 2. The van der Waals surface area contributed by atoms with Gasteiger partial charge in [-0.25, -0.2) is 0 Å². The first-order chi connectivity index (χ1) is 28.0. The Kier molecular flexibility index (Phi) is 8.69. The predicted molar refractivity (Wildman–Crippen MR) is 217 cm³/mol. The molecule has 0 saturated heterocycles. The zero-order chi connectivity index (χ0) is 43.0. The summed E-state index contributed by atoms with van der Waals surface area (Å²) in [6.45, 7) is 18.3. The number of fused-ring (bicyclic) bond motifs is 14. The van der Waals surface area contributed by atoms with Crippen molar-refractivity contribution >= 4 is 5.97 Å². The van der Waals surface area contributed by atoms with Gasteiger partial charge in [0.05, 0.1) is 30.5 Å². The van der Waals surface area contributed by atoms with Crippen LogP contribution >= 0.6 is 0 Å². The van der Waals surface area contributed by atoms with Crippen molar-refractivity contribution in [3.8, 4) is 23.0 Å². The van der Waals surface area contributed by atoms with Gasteiger partial charge in [-0.1, -0.05) is 55.4 Å². The maximum absolute atomic E-state index is 12.5. The molecule has 4 aliphatic carbocycles. The Bertz CT molecular complexity index is 2170. The second-order valence-electron chi connectivity index (χ2n) is 22.0. The van der Waals surface area contributed by atoms with Gasteiger partial charge in [-0.15, -0.1) is 0 Å². The fraction of sp³-hybridized carbons (Fsp3) is 0.729. The Hall–Kier alpha value is -3.13. The van der Waals surface area contributed by atoms with Gasteiger partial charge >= 0.3 is 5.97 Å². The number of hydrogen-bond donors (Lipinski definition) is 6. The highest BCUT2D eigenvalue weighted by Gasteiger charge is 2.71. The lowest BCUT2D eigenvalue weighted by Crippen LogP contribution is -2.69. The number of esters is 1. The minimum atomic E-state index is -1.27. The highest BCUT2D eigenvalue weighted by atomic mass is 16.7. The van der Waals surface area contributed by atoms with E-state index in [1.807, 2.05) is 13.8 Å². The molecule has 6 N–H and O–H groups in total. The van der Waals surface area contributed by atoms with Gasteiger partial charge in [0.15, 0.2) is 6.29 Å². The van der Waals surface area contributed by atoms with Gasteiger partial charge in [0.1, 0.15) is 52.5 Å². The monoisotopic (exact) mass is 832 g/mol. The standard InChI is InChI=1S/C48H64O12/c1-21-10-12-32-43(4,5)40(55)30(52)18-45(32,8)47(21)17-27-29(51)15-25-35(38(27)60-47)42-56-20-24-14-28(50)26-16-48(59-37(26)34(24)39(58-42)36(25)54)22(2)11-13-33-44(6,7)41(57-23(3)49)31(53)19-46(33,48)9/h14-15,21-22,30-33,36,39-42,50-55H,10-13,16-20H2,1-9H3/t21-,22-,30-,31-,32+,33+,36+,39+,40-,41-,42+,45+,46+,47-,48-/m1/s1. The molecule has 2 aromatic carbocycles. The van der Waals surface area contributed by atoms with Crippen molar-refractivity contribution in [2.45, 2.75) is 174 Å². The highest BCUT2D eigenvalue weighted by molar-refractivity contribution is 5.66. The first-order valence-corrected chi connectivity index (χ1v) is 22.3. The van der Waals surface area contributed by atoms with Crippen LogP contribution in [-0.2, 0) is 38.5 Å². The summed E-state index contributed by atoms with van der Waals surface area (Å²) in [6, 6.07) is 3.32. The molecule has 10 rings (SSSR count). The average molecular weight is 833 g/mol. The van der Waals surface area contributed by atoms with Crippen molar-refractivity contribution < 1.29 is 59.1 Å². The van der Waals surface area contributed by atoms with E-state index in [2.05, 4.69) is 41.5 Å². The number of aliphatic hydroxyl groups excluding tert-OH is 4. The second-order valence-corrected chi connectivity index (χ2v) is 22.0. The fourth-order valence-corrected chi connectivity index (χ4v) is 15.6. The number of phenolic OH excluding ortho intramolecular Hbond substituents is 2. The van der Waals surface area contributed by atoms with Crippen molar-refractivity contribution in [2.24, 2.45) is 45.3 Å². The summed E-state index contributed by atoms with van der Waals surface area (Å²) in [5, 5.41) is 70.5. The summed E-state index contributed by atoms with van der Waals surface area (Å²) in [5.74, 6) is 0.656. The van der Waals surface area contributed by atoms with E-state index in [0.717, 1.165) is 25.7 Å². The molecule has 328 valence electrons. The largest absolute Gasteiger partial charge is 0.508 e. The van der Waals surface area contributed by atoms with Crippen LogP contribution in [0.25, 0.3) is 0 Å². The lowest BCUT2D eigenvalue weighted by molar-refractivity contribution is -0.247. The molecule has 2 aromatic rings. The van der Waals surface area contributed by atoms with Gasteiger partial charge in [-0.2, -0.15) is 0 Å². The van der Waals surface area contributed by atoms with Crippen molar-refractivity contribution in [3.63, 3.8) is 0 Å². The molecule has 4 saturated carbocycles. The number of aromatic hydroxyl groups is 2. The maximum Gasteiger partial charge on any atom is 0.303 e. The summed E-state index contributed by atoms with van der Waals surface area (Å²) >= 11 is 0. The van der Waals surface area contributed by atoms with Crippen LogP contribution in [0.15, 0.2) is 12.1 Å². The summed E-state index contributed by atoms with van der Waals surface area (Å²) in [5.41, 5.74) is -0.582. The molecule has 0 unspecified atom stereocenters. The third kappa shape index (κ3) is 4.92. The fourth-order valence-electron chi connectivity index (χ4n) is 15.6. The molecule has 4 fully saturated rings. The number of ether oxygens (including phenoxy) is 5. The van der Waals surface area contributed by atoms with Crippen LogP contribution in [0, 0.1) is 45.3 Å². The zero-order valence-electron chi connectivity index (χ0n) is 36.5. The molecule has 0 amide bonds. The number of hydrogen-bond acceptors (Lipinski definition) is 12. The van der Waals surface area contributed by atoms with E-state index < -0.39 is 81.7 Å². The molecular formula is C48H64O12. The first kappa shape index (κ1) is 40.9. The van der Waals surface area contributed by atoms with Crippen LogP contribution < -0.4 is 9.47 Å². The normalized spacial score (nSPS) is 45.2. The molecule has 0 radical (unpaired) electrons. The molecule has 60 heavy (non-hydrogen) atoms. The van der Waals surface area contributed by atoms with Crippen LogP contribution in [0.4, 0.5) is 0 Å². The smallest absolute Gasteiger partial charge is 0.303 e. The Morgan fingerprint density at radius 3 is 1.85 bits per heavy atom. The molecular weight excluding hydrogens is 769 g/mol. The van der Waals surface area contributed by atoms with E-state index in [1.54, 1.807) is 12.1 Å². The maximum atomic E-state index is 12.5. The van der Waals surface area contributed by atoms with E-state index in [4.69, 9.17) is 23.7 Å². The van der Waals surface area contributed by atoms with E-state index in [-0.39, 0.29) is 41.8 Å². The SMILES string of the molecule is CC(=O)O[C@@H]1[C@H](O)C[C@@]2(C)[C@@H](CC[C@@H](C)[C@]23Cc2c(O)cc4c(c2O3)[C@@H]2O[C@H](OC4)c3c(cc(O)c4c3O[C@]3(C4)[C@H](C)CC[C@H]4C(C)(C)[C@H](O)[C@H](O)C[C@@]43C)[C@@H]2O)C1(C)C. The van der Waals surface area contributed by atoms with E-state index >= 15 is 0 Å². The van der Waals surface area contributed by atoms with Crippen LogP contribution in [0.1, 0.15) is 153 Å². The quantitative estimate of drug-likeness (QED) is 0.166. The van der Waals surface area contributed by atoms with Gasteiger partial charge < -0.3 is 54.3 Å². The molecule has 8 aliphatic rings. The van der Waals surface area contributed by atoms with Crippen LogP contribution in [0.5, 0.6) is 23.0 Å². The van der Waals surface area contributed by atoms with Gasteiger partial charge in [-0.05, 0) is 90.9 Å². The molecule has 4 aliphatic heterocycles. The van der Waals surface area contributed by atoms with E-state index in [0.29, 0.717) is 70.6 Å². The number of carbonyl (C=O) groups excluding carboxylic acids is 1. The van der Waals surface area contributed by atoms with E-state index in [9.17, 15) is 35.4 Å². The number of rotatable bonds is 1. The number of carbonyl (C=O) groups is 1. The van der Waals surface area contributed by atoms with Gasteiger partial charge in [0.2, 0.25) is 0 Å². The van der Waals surface area contributed by atoms with Gasteiger partial charge in [-0.3, -0.25) is 4.79 Å². The summed E-state index contributed by atoms with van der Waals surface area (Å²) in [7, 11) is 0. The van der Waals surface area contributed by atoms with Crippen molar-refractivity contribution in [2.75, 3.05) is 0 Å². The Morgan fingerprint density at radius 1 is 0.733 bits per heavy atom. The van der Waals surface area contributed by atoms with Crippen LogP contribution in [0.2, 0.25) is 0 Å². The first-order valence-electron chi connectivity index (χ1n) is 22.3. The zero-order valence-corrected chi connectivity index (χ0v) is 36.5. The highest BCUT2D eigenvalue weighted by Crippen LogP contribution is 2.71. The molecule has 2 spiro atoms. The number of aliphatic hydroxyl groups is 4. The second kappa shape index (κ2) is 12.7. The lowest BCUT2D eigenvalue weighted by atomic mass is 9.43. The van der Waals surface area contributed by atoms with Crippen molar-refractivity contribution in [1.82, 2.24) is 0 Å². The lowest BCUT2D eigenvalue weighted by Gasteiger charge is -2.65. The summed E-state index contributed by atoms with van der Waals surface area (Å²) < 4.78 is 33.9. The molecule has 12 nitrogen and oxygen atoms in total. The molecule has 12 heteroatoms. The molecule has 4 heterocycles. The Morgan fingerprint density at radius 2 is 1.27 bits per heavy atom. The average Bonchev–Trinajstić information content (AvgIpc) is 3.74. The minimum absolute atomic E-state index is 0.00548. The van der Waals surface area contributed by atoms with Crippen molar-refractivity contribution in [1.29, 1.82) is 0 Å². The third-order valence-corrected chi connectivity index (χ3v) is 18.6. The molecule has 2 bridgehead atoms. The topological polar surface area (TPSA) is 185 Å². The third-order valence-electron chi connectivity index (χ3n) is 18.6. The van der Waals surface area contributed by atoms with Crippen molar-refractivity contribution in [3.05, 3.63) is 45.5 Å². The van der Waals surface area contributed by atoms with Crippen LogP contribution in [-0.4, -0.2) is 72.2 Å². The molecule has 15 atom stereocenters. The minimum Gasteiger partial charge on any atom is -0.508 e. The van der Waals surface area contributed by atoms with Gasteiger partial charge in [0.25, 0.3) is 0 Å². The Labute approximate surface area is 352 Å². The van der Waals surface area contributed by atoms with E-state index in [1.165, 1.54) is 6.92 Å². The predicted octanol–water partition coefficient (Wildman–Crippen LogP) is 6.76. The Balaban J connectivity index is 1.04.